The summed E-state index contributed by atoms with van der Waals surface area (Å²) in [7, 11) is 1.27. The zero-order chi connectivity index (χ0) is 25.4. The number of carbonyl (C=O) groups excluding carboxylic acids is 4. The molecule has 2 atom stereocenters. The third-order valence-electron chi connectivity index (χ3n) is 7.21. The number of methoxy groups -OCH3 is 1. The van der Waals surface area contributed by atoms with Crippen LogP contribution in [0.25, 0.3) is 0 Å². The highest BCUT2D eigenvalue weighted by Crippen LogP contribution is 2.45. The van der Waals surface area contributed by atoms with Crippen molar-refractivity contribution >= 4 is 46.8 Å². The number of anilines is 2. The predicted molar refractivity (Wildman–Crippen MR) is 134 cm³/mol. The lowest BCUT2D eigenvalue weighted by Gasteiger charge is -2.26. The van der Waals surface area contributed by atoms with Crippen molar-refractivity contribution in [3.8, 4) is 0 Å². The Morgan fingerprint density at radius 3 is 2.64 bits per heavy atom. The van der Waals surface area contributed by atoms with Crippen molar-refractivity contribution in [1.29, 1.82) is 0 Å². The summed E-state index contributed by atoms with van der Waals surface area (Å²) in [6, 6.07) is 11.0. The molecule has 0 aromatic heterocycles. The number of ether oxygens (including phenoxy) is 1. The second-order valence-electron chi connectivity index (χ2n) is 9.63. The Kier molecular flexibility index (Phi) is 6.34. The Labute approximate surface area is 213 Å². The first-order valence-electron chi connectivity index (χ1n) is 12.0. The summed E-state index contributed by atoms with van der Waals surface area (Å²) in [5.41, 5.74) is 1.58. The zero-order valence-electron chi connectivity index (χ0n) is 19.8. The molecule has 2 fully saturated rings. The number of hydrogen-bond donors (Lipinski definition) is 3. The van der Waals surface area contributed by atoms with Gasteiger partial charge in [0.05, 0.1) is 12.5 Å². The van der Waals surface area contributed by atoms with E-state index in [2.05, 4.69) is 20.7 Å². The van der Waals surface area contributed by atoms with Gasteiger partial charge in [0.1, 0.15) is 6.04 Å². The number of carbonyl (C=O) groups is 4. The van der Waals surface area contributed by atoms with Gasteiger partial charge in [-0.25, -0.2) is 4.79 Å². The number of amides is 4. The lowest BCUT2D eigenvalue weighted by Crippen LogP contribution is -2.49. The molecule has 1 spiro atoms. The summed E-state index contributed by atoms with van der Waals surface area (Å²) in [5, 5.41) is 8.90. The molecule has 188 valence electrons. The van der Waals surface area contributed by atoms with Gasteiger partial charge in [-0.15, -0.1) is 0 Å². The van der Waals surface area contributed by atoms with Crippen LogP contribution in [-0.2, 0) is 19.7 Å². The van der Waals surface area contributed by atoms with Gasteiger partial charge in [0.15, 0.2) is 0 Å². The first-order valence-corrected chi connectivity index (χ1v) is 12.3. The molecular weight excluding hydrogens is 484 g/mol. The SMILES string of the molecule is COC(=O)Nc1ccc(C(=O)N[C@@H](CC2CC2)C(=O)N2CC[C@]3(C2)C(=O)Nc2ccc(Cl)cc23)cc1. The standard InChI is InChI=1S/C26H27ClN4O5/c1-36-25(35)28-18-7-4-16(5-8-18)22(32)29-21(12-15-2-3-15)23(33)31-11-10-26(14-31)19-13-17(27)6-9-20(19)30-24(26)34/h4-9,13,15,21H,2-3,10-12,14H2,1H3,(H,28,35)(H,29,32)(H,30,34)/t21-,26+/m0/s1. The molecule has 3 N–H and O–H groups in total. The third-order valence-corrected chi connectivity index (χ3v) is 7.44. The van der Waals surface area contributed by atoms with Crippen LogP contribution in [0.4, 0.5) is 16.2 Å². The number of hydrogen-bond acceptors (Lipinski definition) is 5. The third kappa shape index (κ3) is 4.63. The smallest absolute Gasteiger partial charge is 0.411 e. The molecule has 2 aliphatic heterocycles. The van der Waals surface area contributed by atoms with Crippen molar-refractivity contribution in [2.24, 2.45) is 5.92 Å². The fourth-order valence-electron chi connectivity index (χ4n) is 5.03. The molecule has 36 heavy (non-hydrogen) atoms. The average molecular weight is 511 g/mol. The van der Waals surface area contributed by atoms with Crippen molar-refractivity contribution in [3.05, 3.63) is 58.6 Å². The summed E-state index contributed by atoms with van der Waals surface area (Å²) in [4.78, 5) is 52.6. The summed E-state index contributed by atoms with van der Waals surface area (Å²) < 4.78 is 4.57. The predicted octanol–water partition coefficient (Wildman–Crippen LogP) is 3.54. The fourth-order valence-corrected chi connectivity index (χ4v) is 5.20. The van der Waals surface area contributed by atoms with Crippen LogP contribution in [0.5, 0.6) is 0 Å². The molecule has 4 amide bonds. The molecule has 0 unspecified atom stereocenters. The quantitative estimate of drug-likeness (QED) is 0.549. The first kappa shape index (κ1) is 24.1. The Bertz CT molecular complexity index is 1230. The second-order valence-corrected chi connectivity index (χ2v) is 10.1. The van der Waals surface area contributed by atoms with E-state index in [4.69, 9.17) is 11.6 Å². The van der Waals surface area contributed by atoms with Crippen LogP contribution in [0.2, 0.25) is 5.02 Å². The molecule has 5 rings (SSSR count). The number of benzene rings is 2. The van der Waals surface area contributed by atoms with E-state index in [0.717, 1.165) is 24.1 Å². The van der Waals surface area contributed by atoms with E-state index >= 15 is 0 Å². The maximum atomic E-state index is 13.6. The lowest BCUT2D eigenvalue weighted by molar-refractivity contribution is -0.133. The summed E-state index contributed by atoms with van der Waals surface area (Å²) in [6.07, 6.45) is 2.52. The number of nitrogens with zero attached hydrogens (tertiary/aromatic N) is 1. The van der Waals surface area contributed by atoms with Crippen molar-refractivity contribution in [3.63, 3.8) is 0 Å². The lowest BCUT2D eigenvalue weighted by atomic mass is 9.81. The summed E-state index contributed by atoms with van der Waals surface area (Å²) in [6.45, 7) is 0.666. The summed E-state index contributed by atoms with van der Waals surface area (Å²) in [5.74, 6) is -0.280. The van der Waals surface area contributed by atoms with Gasteiger partial charge in [-0.05, 0) is 66.8 Å². The Hall–Kier alpha value is -3.59. The van der Waals surface area contributed by atoms with E-state index in [9.17, 15) is 19.2 Å². The van der Waals surface area contributed by atoms with E-state index in [0.29, 0.717) is 41.6 Å². The minimum Gasteiger partial charge on any atom is -0.453 e. The van der Waals surface area contributed by atoms with Crippen molar-refractivity contribution < 1.29 is 23.9 Å². The highest BCUT2D eigenvalue weighted by molar-refractivity contribution is 6.31. The maximum Gasteiger partial charge on any atom is 0.411 e. The van der Waals surface area contributed by atoms with E-state index in [-0.39, 0.29) is 24.3 Å². The molecule has 2 heterocycles. The van der Waals surface area contributed by atoms with Crippen LogP contribution in [0, 0.1) is 5.92 Å². The van der Waals surface area contributed by atoms with Crippen LogP contribution in [-0.4, -0.2) is 55.0 Å². The van der Waals surface area contributed by atoms with Gasteiger partial charge < -0.3 is 20.3 Å². The van der Waals surface area contributed by atoms with Gasteiger partial charge in [0.2, 0.25) is 11.8 Å². The normalized spacial score (nSPS) is 21.1. The molecule has 1 saturated carbocycles. The molecule has 10 heteroatoms. The van der Waals surface area contributed by atoms with Gasteiger partial charge in [-0.2, -0.15) is 0 Å². The van der Waals surface area contributed by atoms with E-state index in [1.165, 1.54) is 7.11 Å². The molecule has 1 aliphatic carbocycles. The van der Waals surface area contributed by atoms with Gasteiger partial charge in [-0.1, -0.05) is 24.4 Å². The maximum absolute atomic E-state index is 13.6. The average Bonchev–Trinajstić information content (AvgIpc) is 3.51. The van der Waals surface area contributed by atoms with E-state index in [1.807, 2.05) is 0 Å². The molecule has 1 saturated heterocycles. The molecular formula is C26H27ClN4O5. The van der Waals surface area contributed by atoms with Gasteiger partial charge in [0.25, 0.3) is 5.91 Å². The zero-order valence-corrected chi connectivity index (χ0v) is 20.6. The molecule has 0 radical (unpaired) electrons. The van der Waals surface area contributed by atoms with Crippen molar-refractivity contribution in [2.75, 3.05) is 30.8 Å². The van der Waals surface area contributed by atoms with Gasteiger partial charge in [0, 0.05) is 35.1 Å². The van der Waals surface area contributed by atoms with E-state index in [1.54, 1.807) is 47.4 Å². The molecule has 2 aromatic rings. The number of fused-ring (bicyclic) bond motifs is 2. The molecule has 2 aromatic carbocycles. The minimum absolute atomic E-state index is 0.126. The fraction of sp³-hybridized carbons (Fsp3) is 0.385. The van der Waals surface area contributed by atoms with Crippen LogP contribution in [0.15, 0.2) is 42.5 Å². The monoisotopic (exact) mass is 510 g/mol. The molecule has 3 aliphatic rings. The van der Waals surface area contributed by atoms with Gasteiger partial charge in [-0.3, -0.25) is 19.7 Å². The Morgan fingerprint density at radius 1 is 1.19 bits per heavy atom. The topological polar surface area (TPSA) is 117 Å². The second kappa shape index (κ2) is 9.46. The largest absolute Gasteiger partial charge is 0.453 e. The number of rotatable bonds is 6. The number of likely N-dealkylation sites (tertiary alicyclic amines) is 1. The number of halogens is 1. The first-order chi connectivity index (χ1) is 17.3. The van der Waals surface area contributed by atoms with Crippen LogP contribution >= 0.6 is 11.6 Å². The van der Waals surface area contributed by atoms with Crippen LogP contribution < -0.4 is 16.0 Å². The number of nitrogens with one attached hydrogen (secondary N) is 3. The Balaban J connectivity index is 1.30. The van der Waals surface area contributed by atoms with Crippen molar-refractivity contribution in [2.45, 2.75) is 37.1 Å². The Morgan fingerprint density at radius 2 is 1.94 bits per heavy atom. The van der Waals surface area contributed by atoms with E-state index < -0.39 is 17.6 Å². The minimum atomic E-state index is -0.827. The summed E-state index contributed by atoms with van der Waals surface area (Å²) >= 11 is 6.21. The van der Waals surface area contributed by atoms with Crippen LogP contribution in [0.3, 0.4) is 0 Å². The highest BCUT2D eigenvalue weighted by Gasteiger charge is 2.52. The molecule has 0 bridgehead atoms. The van der Waals surface area contributed by atoms with Gasteiger partial charge >= 0.3 is 6.09 Å². The highest BCUT2D eigenvalue weighted by atomic mass is 35.5. The van der Waals surface area contributed by atoms with Crippen molar-refractivity contribution in [1.82, 2.24) is 10.2 Å². The van der Waals surface area contributed by atoms with Crippen LogP contribution in [0.1, 0.15) is 41.6 Å². The molecule has 9 nitrogen and oxygen atoms in total.